The lowest BCUT2D eigenvalue weighted by Crippen LogP contribution is -2.28. The van der Waals surface area contributed by atoms with Crippen LogP contribution in [0.4, 0.5) is 11.4 Å². The monoisotopic (exact) mass is 715 g/mol. The molecule has 0 fully saturated rings. The highest BCUT2D eigenvalue weighted by atomic mass is 35.5. The molecule has 5 rings (SSSR count). The van der Waals surface area contributed by atoms with E-state index in [-0.39, 0.29) is 23.7 Å². The number of carbonyl (C=O) groups is 2. The maximum Gasteiger partial charge on any atom is 0.303 e. The van der Waals surface area contributed by atoms with Crippen LogP contribution in [0.15, 0.2) is 82.6 Å². The van der Waals surface area contributed by atoms with Crippen molar-refractivity contribution in [1.29, 1.82) is 0 Å². The van der Waals surface area contributed by atoms with Gasteiger partial charge in [-0.3, -0.25) is 9.59 Å². The number of methoxy groups -OCH3 is 2. The molecule has 2 N–H and O–H groups in total. The number of rotatable bonds is 15. The standard InChI is InChI=1S/C42H51ClN2O6/c1-41(2)32-26-30(50-5)18-20-34(32)44(24-9-7-14-38(46)47)36(41)22-16-28-12-11-13-29(40(28)43)17-23-37-42(3,4)33-27-31(51-6)19-21-35(33)45(37)25-10-8-15-39(48)49/h16-23,26-27H,7-15,24-25H2,1-6H3,(H-,46,47,48,49)/p+1. The number of benzene rings is 2. The zero-order chi connectivity index (χ0) is 36.9. The van der Waals surface area contributed by atoms with Gasteiger partial charge in [-0.2, -0.15) is 4.58 Å². The minimum Gasteiger partial charge on any atom is -0.497 e. The summed E-state index contributed by atoms with van der Waals surface area (Å²) in [4.78, 5) is 24.7. The van der Waals surface area contributed by atoms with Gasteiger partial charge in [0.1, 0.15) is 18.0 Å². The topological polar surface area (TPSA) is 99.3 Å². The van der Waals surface area contributed by atoms with Gasteiger partial charge in [-0.25, -0.2) is 0 Å². The molecule has 0 spiro atoms. The minimum absolute atomic E-state index is 0.158. The lowest BCUT2D eigenvalue weighted by Gasteiger charge is -2.27. The van der Waals surface area contributed by atoms with Crippen LogP contribution in [0.25, 0.3) is 0 Å². The maximum absolute atomic E-state index is 11.2. The molecule has 272 valence electrons. The highest BCUT2D eigenvalue weighted by molar-refractivity contribution is 6.32. The van der Waals surface area contributed by atoms with E-state index in [0.717, 1.165) is 95.7 Å². The average Bonchev–Trinajstić information content (AvgIpc) is 3.44. The predicted octanol–water partition coefficient (Wildman–Crippen LogP) is 9.43. The molecule has 1 aliphatic carbocycles. The largest absolute Gasteiger partial charge is 0.497 e. The second kappa shape index (κ2) is 15.9. The number of aliphatic carboxylic acids is 2. The second-order valence-corrected chi connectivity index (χ2v) is 15.1. The number of halogens is 1. The van der Waals surface area contributed by atoms with Crippen molar-refractivity contribution in [3.05, 3.63) is 93.7 Å². The van der Waals surface area contributed by atoms with E-state index >= 15 is 0 Å². The summed E-state index contributed by atoms with van der Waals surface area (Å²) in [5, 5.41) is 19.2. The number of unbranched alkanes of at least 4 members (excludes halogenated alkanes) is 2. The Labute approximate surface area is 307 Å². The predicted molar refractivity (Wildman–Crippen MR) is 204 cm³/mol. The van der Waals surface area contributed by atoms with E-state index in [2.05, 4.69) is 85.7 Å². The van der Waals surface area contributed by atoms with Gasteiger partial charge in [0.25, 0.3) is 0 Å². The number of allylic oxidation sites excluding steroid dienone is 8. The van der Waals surface area contributed by atoms with Gasteiger partial charge in [0, 0.05) is 65.3 Å². The molecule has 0 bridgehead atoms. The SMILES string of the molecule is COc1ccc2c(c1)C(C)(C)C(/C=C/C1=C(Cl)C(=C/C=C3/N(CCCCC(=O)O)c4ccc(OC)cc4C3(C)C)/CCC1)=[N+]2CCCCC(=O)O. The van der Waals surface area contributed by atoms with Crippen molar-refractivity contribution in [1.82, 2.24) is 0 Å². The van der Waals surface area contributed by atoms with Gasteiger partial charge < -0.3 is 24.6 Å². The first-order valence-corrected chi connectivity index (χ1v) is 18.4. The molecule has 0 aromatic heterocycles. The molecular formula is C42H52ClN2O6+. The lowest BCUT2D eigenvalue weighted by molar-refractivity contribution is -0.438. The van der Waals surface area contributed by atoms with Crippen LogP contribution < -0.4 is 14.4 Å². The van der Waals surface area contributed by atoms with Crippen LogP contribution in [0.2, 0.25) is 0 Å². The lowest BCUT2D eigenvalue weighted by atomic mass is 9.81. The quantitative estimate of drug-likeness (QED) is 0.140. The zero-order valence-electron chi connectivity index (χ0n) is 30.9. The van der Waals surface area contributed by atoms with Gasteiger partial charge in [0.05, 0.1) is 19.6 Å². The van der Waals surface area contributed by atoms with Crippen molar-refractivity contribution in [2.75, 3.05) is 32.2 Å². The Hall–Kier alpha value is -4.30. The number of hydrogen-bond donors (Lipinski definition) is 2. The summed E-state index contributed by atoms with van der Waals surface area (Å²) < 4.78 is 13.5. The molecular weight excluding hydrogens is 664 g/mol. The summed E-state index contributed by atoms with van der Waals surface area (Å²) in [6, 6.07) is 12.4. The molecule has 2 aliphatic heterocycles. The Morgan fingerprint density at radius 1 is 0.843 bits per heavy atom. The molecule has 0 saturated carbocycles. The Morgan fingerprint density at radius 3 is 2.16 bits per heavy atom. The number of nitrogens with zero attached hydrogens (tertiary/aromatic N) is 2. The second-order valence-electron chi connectivity index (χ2n) is 14.7. The molecule has 8 nitrogen and oxygen atoms in total. The number of carboxylic acids is 2. The van der Waals surface area contributed by atoms with Crippen LogP contribution in [0.3, 0.4) is 0 Å². The van der Waals surface area contributed by atoms with Crippen molar-refractivity contribution in [3.8, 4) is 11.5 Å². The highest BCUT2D eigenvalue weighted by Crippen LogP contribution is 2.49. The van der Waals surface area contributed by atoms with Crippen molar-refractivity contribution >= 4 is 40.6 Å². The number of carboxylic acid groups (broad SMARTS) is 2. The molecule has 51 heavy (non-hydrogen) atoms. The summed E-state index contributed by atoms with van der Waals surface area (Å²) in [6.45, 7) is 10.3. The van der Waals surface area contributed by atoms with Crippen molar-refractivity contribution in [2.24, 2.45) is 0 Å². The summed E-state index contributed by atoms with van der Waals surface area (Å²) in [5.74, 6) is 0.0841. The normalized spacial score (nSPS) is 19.3. The van der Waals surface area contributed by atoms with E-state index in [4.69, 9.17) is 21.1 Å². The molecule has 0 saturated heterocycles. The fourth-order valence-electron chi connectivity index (χ4n) is 7.70. The third-order valence-electron chi connectivity index (χ3n) is 10.6. The molecule has 0 amide bonds. The molecule has 3 aliphatic rings. The molecule has 0 atom stereocenters. The van der Waals surface area contributed by atoms with Gasteiger partial charge in [0.15, 0.2) is 5.71 Å². The third-order valence-corrected chi connectivity index (χ3v) is 11.1. The highest BCUT2D eigenvalue weighted by Gasteiger charge is 2.44. The Bertz CT molecular complexity index is 1830. The maximum atomic E-state index is 11.2. The molecule has 0 unspecified atom stereocenters. The van der Waals surface area contributed by atoms with E-state index in [0.29, 0.717) is 12.8 Å². The number of ether oxygens (including phenoxy) is 2. The van der Waals surface area contributed by atoms with Crippen molar-refractivity contribution in [3.63, 3.8) is 0 Å². The molecule has 2 heterocycles. The average molecular weight is 716 g/mol. The van der Waals surface area contributed by atoms with Crippen LogP contribution in [-0.4, -0.2) is 59.7 Å². The van der Waals surface area contributed by atoms with Gasteiger partial charge in [0.2, 0.25) is 5.69 Å². The minimum atomic E-state index is -0.769. The summed E-state index contributed by atoms with van der Waals surface area (Å²) >= 11 is 7.21. The van der Waals surface area contributed by atoms with Gasteiger partial charge >= 0.3 is 11.9 Å². The van der Waals surface area contributed by atoms with Crippen LogP contribution >= 0.6 is 11.6 Å². The van der Waals surface area contributed by atoms with E-state index in [1.54, 1.807) is 14.2 Å². The number of fused-ring (bicyclic) bond motifs is 2. The molecule has 2 aromatic rings. The first-order valence-electron chi connectivity index (χ1n) is 18.0. The van der Waals surface area contributed by atoms with Crippen molar-refractivity contribution in [2.45, 2.75) is 96.3 Å². The molecule has 9 heteroatoms. The first-order chi connectivity index (χ1) is 24.3. The van der Waals surface area contributed by atoms with Crippen LogP contribution in [0.5, 0.6) is 11.5 Å². The van der Waals surface area contributed by atoms with Crippen molar-refractivity contribution < 1.29 is 33.9 Å². The van der Waals surface area contributed by atoms with Gasteiger partial charge in [-0.05, 0) is 105 Å². The van der Waals surface area contributed by atoms with Gasteiger partial charge in [-0.15, -0.1) is 0 Å². The summed E-state index contributed by atoms with van der Waals surface area (Å²) in [7, 11) is 3.36. The van der Waals surface area contributed by atoms with E-state index in [9.17, 15) is 19.8 Å². The molecule has 2 aromatic carbocycles. The first kappa shape index (κ1) is 37.9. The Morgan fingerprint density at radius 2 is 1.49 bits per heavy atom. The third kappa shape index (κ3) is 8.12. The van der Waals surface area contributed by atoms with Crippen LogP contribution in [-0.2, 0) is 20.4 Å². The van der Waals surface area contributed by atoms with E-state index in [1.807, 2.05) is 12.1 Å². The Kier molecular flexibility index (Phi) is 11.9. The fraction of sp³-hybridized carbons (Fsp3) is 0.452. The van der Waals surface area contributed by atoms with E-state index in [1.165, 1.54) is 11.1 Å². The smallest absolute Gasteiger partial charge is 0.303 e. The van der Waals surface area contributed by atoms with Gasteiger partial charge in [-0.1, -0.05) is 37.6 Å². The van der Waals surface area contributed by atoms with E-state index < -0.39 is 11.9 Å². The zero-order valence-corrected chi connectivity index (χ0v) is 31.6. The number of hydrogen-bond acceptors (Lipinski definition) is 5. The fourth-order valence-corrected chi connectivity index (χ4v) is 8.02. The van der Waals surface area contributed by atoms with Crippen LogP contribution in [0, 0.1) is 0 Å². The summed E-state index contributed by atoms with van der Waals surface area (Å²) in [6.07, 6.45) is 14.6. The van der Waals surface area contributed by atoms with Crippen LogP contribution in [0.1, 0.15) is 96.6 Å². The summed E-state index contributed by atoms with van der Waals surface area (Å²) in [5.41, 5.74) is 8.51. The number of anilines is 1. The molecule has 0 radical (unpaired) electrons. The Balaban J connectivity index is 1.47.